The molecule has 2 heterocycles. The molecule has 8 aromatic rings. The van der Waals surface area contributed by atoms with Crippen LogP contribution in [-0.4, -0.2) is 9.13 Å². The highest BCUT2D eigenvalue weighted by molar-refractivity contribution is 6.10. The van der Waals surface area contributed by atoms with Crippen LogP contribution < -0.4 is 0 Å². The van der Waals surface area contributed by atoms with Gasteiger partial charge in [0.05, 0.1) is 33.7 Å². The van der Waals surface area contributed by atoms with E-state index >= 15 is 0 Å². The third kappa shape index (κ3) is 3.55. The van der Waals surface area contributed by atoms with Crippen molar-refractivity contribution in [3.05, 3.63) is 145 Å². The fraction of sp³-hybridized carbons (Fsp3) is 0. The van der Waals surface area contributed by atoms with Crippen LogP contribution in [0, 0.1) is 23.7 Å². The summed E-state index contributed by atoms with van der Waals surface area (Å²) in [6.07, 6.45) is 5.74. The lowest BCUT2D eigenvalue weighted by molar-refractivity contribution is 1.17. The highest BCUT2D eigenvalue weighted by Crippen LogP contribution is 2.36. The van der Waals surface area contributed by atoms with Crippen LogP contribution in [0.5, 0.6) is 0 Å². The van der Waals surface area contributed by atoms with E-state index in [9.17, 15) is 5.26 Å². The van der Waals surface area contributed by atoms with Gasteiger partial charge in [-0.15, -0.1) is 6.42 Å². The maximum atomic E-state index is 10.1. The summed E-state index contributed by atoms with van der Waals surface area (Å²) >= 11 is 0. The largest absolute Gasteiger partial charge is 0.309 e. The lowest BCUT2D eigenvalue weighted by atomic mass is 10.0. The Hall–Kier alpha value is -6.03. The maximum Gasteiger partial charge on any atom is 0.0992 e. The van der Waals surface area contributed by atoms with Gasteiger partial charge < -0.3 is 9.13 Å². The first kappa shape index (κ1) is 23.8. The molecule has 0 amide bonds. The molecule has 0 saturated carbocycles. The summed E-state index contributed by atoms with van der Waals surface area (Å²) in [5.74, 6) is 2.77. The van der Waals surface area contributed by atoms with Crippen LogP contribution in [0.2, 0.25) is 0 Å². The molecule has 0 radical (unpaired) electrons. The Bertz CT molecular complexity index is 2390. The predicted molar refractivity (Wildman–Crippen MR) is 173 cm³/mol. The quantitative estimate of drug-likeness (QED) is 0.208. The summed E-state index contributed by atoms with van der Waals surface area (Å²) in [5, 5.41) is 14.8. The normalized spacial score (nSPS) is 11.3. The molecule has 0 aliphatic rings. The van der Waals surface area contributed by atoms with Crippen molar-refractivity contribution in [3.8, 4) is 40.9 Å². The van der Waals surface area contributed by atoms with Crippen LogP contribution in [0.25, 0.3) is 66.1 Å². The zero-order valence-corrected chi connectivity index (χ0v) is 22.6. The molecule has 0 unspecified atom stereocenters. The number of fused-ring (bicyclic) bond motifs is 6. The first-order valence-electron chi connectivity index (χ1n) is 13.9. The van der Waals surface area contributed by atoms with Crippen molar-refractivity contribution >= 4 is 43.6 Å². The summed E-state index contributed by atoms with van der Waals surface area (Å²) in [6.45, 7) is 0. The second-order valence-corrected chi connectivity index (χ2v) is 10.5. The van der Waals surface area contributed by atoms with E-state index in [0.717, 1.165) is 49.9 Å². The summed E-state index contributed by atoms with van der Waals surface area (Å²) in [4.78, 5) is 0. The van der Waals surface area contributed by atoms with E-state index in [1.54, 1.807) is 0 Å². The number of hydrogen-bond donors (Lipinski definition) is 0. The van der Waals surface area contributed by atoms with Gasteiger partial charge in [-0.05, 0) is 77.9 Å². The Morgan fingerprint density at radius 1 is 0.452 bits per heavy atom. The van der Waals surface area contributed by atoms with Gasteiger partial charge in [0.25, 0.3) is 0 Å². The van der Waals surface area contributed by atoms with Gasteiger partial charge in [0.15, 0.2) is 0 Å². The zero-order valence-electron chi connectivity index (χ0n) is 22.6. The lowest BCUT2D eigenvalue weighted by Gasteiger charge is -2.13. The van der Waals surface area contributed by atoms with Gasteiger partial charge in [-0.3, -0.25) is 0 Å². The first-order valence-corrected chi connectivity index (χ1v) is 13.9. The molecule has 6 aromatic carbocycles. The number of nitrogens with zero attached hydrogens (tertiary/aromatic N) is 3. The van der Waals surface area contributed by atoms with E-state index in [-0.39, 0.29) is 0 Å². The number of rotatable bonds is 3. The van der Waals surface area contributed by atoms with Crippen LogP contribution in [0.3, 0.4) is 0 Å². The maximum absolute atomic E-state index is 10.1. The predicted octanol–water partition coefficient (Wildman–Crippen LogP) is 9.40. The number of para-hydroxylation sites is 3. The number of terminal acetylenes is 1. The minimum Gasteiger partial charge on any atom is -0.309 e. The van der Waals surface area contributed by atoms with E-state index in [2.05, 4.69) is 124 Å². The van der Waals surface area contributed by atoms with Crippen LogP contribution in [-0.2, 0) is 0 Å². The number of hydrogen-bond acceptors (Lipinski definition) is 1. The highest BCUT2D eigenvalue weighted by atomic mass is 15.0. The SMILES string of the molecule is C#Cc1ccc2c(c1)c1ccccc1n2-c1cc(C#N)cc(-c2cccc(-n3c4ccccc4c4ccccc43)c2)c1. The number of nitriles is 1. The Morgan fingerprint density at radius 3 is 1.67 bits per heavy atom. The molecule has 8 rings (SSSR count). The molecule has 0 aliphatic heterocycles. The molecule has 0 saturated heterocycles. The van der Waals surface area contributed by atoms with Crippen molar-refractivity contribution in [1.29, 1.82) is 5.26 Å². The van der Waals surface area contributed by atoms with Crippen LogP contribution >= 0.6 is 0 Å². The number of benzene rings is 6. The van der Waals surface area contributed by atoms with E-state index in [0.29, 0.717) is 5.56 Å². The Kier molecular flexibility index (Phi) is 5.26. The Morgan fingerprint density at radius 2 is 1.02 bits per heavy atom. The topological polar surface area (TPSA) is 33.6 Å². The van der Waals surface area contributed by atoms with E-state index in [1.165, 1.54) is 21.8 Å². The van der Waals surface area contributed by atoms with Gasteiger partial charge in [-0.25, -0.2) is 0 Å². The molecule has 3 heteroatoms. The second-order valence-electron chi connectivity index (χ2n) is 10.5. The Balaban J connectivity index is 1.35. The van der Waals surface area contributed by atoms with Gasteiger partial charge >= 0.3 is 0 Å². The van der Waals surface area contributed by atoms with Gasteiger partial charge in [0.2, 0.25) is 0 Å². The molecule has 0 atom stereocenters. The third-order valence-electron chi connectivity index (χ3n) is 8.16. The standard InChI is InChI=1S/C39H23N3/c1-2-26-18-19-39-35(22-26)34-14-5-8-17-38(34)42(39)31-21-27(25-40)20-29(24-31)28-10-9-11-30(23-28)41-36-15-6-3-12-32(36)33-13-4-7-16-37(33)41/h1,3-24H. The number of aromatic nitrogens is 2. The highest BCUT2D eigenvalue weighted by Gasteiger charge is 2.16. The van der Waals surface area contributed by atoms with Gasteiger partial charge in [-0.1, -0.05) is 72.7 Å². The molecule has 42 heavy (non-hydrogen) atoms. The van der Waals surface area contributed by atoms with Crippen molar-refractivity contribution < 1.29 is 0 Å². The molecule has 194 valence electrons. The van der Waals surface area contributed by atoms with Crippen molar-refractivity contribution in [2.75, 3.05) is 0 Å². The molecule has 3 nitrogen and oxygen atoms in total. The van der Waals surface area contributed by atoms with Crippen LogP contribution in [0.15, 0.2) is 133 Å². The van der Waals surface area contributed by atoms with Crippen LogP contribution in [0.4, 0.5) is 0 Å². The van der Waals surface area contributed by atoms with E-state index in [4.69, 9.17) is 6.42 Å². The van der Waals surface area contributed by atoms with Gasteiger partial charge in [0.1, 0.15) is 0 Å². The van der Waals surface area contributed by atoms with Crippen molar-refractivity contribution in [1.82, 2.24) is 9.13 Å². The van der Waals surface area contributed by atoms with E-state index < -0.39 is 0 Å². The molecule has 2 aromatic heterocycles. The molecule has 0 aliphatic carbocycles. The van der Waals surface area contributed by atoms with Gasteiger partial charge in [-0.2, -0.15) is 5.26 Å². The summed E-state index contributed by atoms with van der Waals surface area (Å²) < 4.78 is 4.55. The zero-order chi connectivity index (χ0) is 28.2. The van der Waals surface area contributed by atoms with E-state index in [1.807, 2.05) is 30.3 Å². The smallest absolute Gasteiger partial charge is 0.0992 e. The summed E-state index contributed by atoms with van der Waals surface area (Å²) in [5.41, 5.74) is 9.95. The van der Waals surface area contributed by atoms with Crippen molar-refractivity contribution in [3.63, 3.8) is 0 Å². The minimum absolute atomic E-state index is 0.607. The van der Waals surface area contributed by atoms with Crippen LogP contribution in [0.1, 0.15) is 11.1 Å². The fourth-order valence-electron chi connectivity index (χ4n) is 6.34. The molecule has 0 spiro atoms. The average Bonchev–Trinajstić information content (AvgIpc) is 3.57. The first-order chi connectivity index (χ1) is 20.7. The molecule has 0 N–H and O–H groups in total. The molecule has 0 fully saturated rings. The fourth-order valence-corrected chi connectivity index (χ4v) is 6.34. The van der Waals surface area contributed by atoms with Crippen molar-refractivity contribution in [2.45, 2.75) is 0 Å². The molecule has 0 bridgehead atoms. The third-order valence-corrected chi connectivity index (χ3v) is 8.16. The average molecular weight is 534 g/mol. The molecular weight excluding hydrogens is 510 g/mol. The summed E-state index contributed by atoms with van der Waals surface area (Å²) in [7, 11) is 0. The lowest BCUT2D eigenvalue weighted by Crippen LogP contribution is -1.97. The molecular formula is C39H23N3. The monoisotopic (exact) mass is 533 g/mol. The summed E-state index contributed by atoms with van der Waals surface area (Å²) in [6, 6.07) is 48.6. The minimum atomic E-state index is 0.607. The Labute approximate surface area is 243 Å². The van der Waals surface area contributed by atoms with Gasteiger partial charge in [0, 0.05) is 38.5 Å². The van der Waals surface area contributed by atoms with Crippen molar-refractivity contribution in [2.24, 2.45) is 0 Å². The second kappa shape index (κ2) is 9.27.